The highest BCUT2D eigenvalue weighted by Crippen LogP contribution is 2.10. The van der Waals surface area contributed by atoms with Crippen molar-refractivity contribution in [2.24, 2.45) is 0 Å². The molecule has 4 nitrogen and oxygen atoms in total. The summed E-state index contributed by atoms with van der Waals surface area (Å²) in [6.07, 6.45) is 2.96. The van der Waals surface area contributed by atoms with Gasteiger partial charge in [-0.05, 0) is 25.1 Å². The van der Waals surface area contributed by atoms with Gasteiger partial charge in [0.15, 0.2) is 0 Å². The van der Waals surface area contributed by atoms with E-state index in [2.05, 4.69) is 23.7 Å². The lowest BCUT2D eigenvalue weighted by atomic mass is 10.3. The lowest BCUT2D eigenvalue weighted by Crippen LogP contribution is -2.26. The second-order valence-corrected chi connectivity index (χ2v) is 4.29. The van der Waals surface area contributed by atoms with Gasteiger partial charge in [-0.1, -0.05) is 13.0 Å². The third-order valence-corrected chi connectivity index (χ3v) is 2.63. The van der Waals surface area contributed by atoms with Crippen molar-refractivity contribution in [2.75, 3.05) is 26.2 Å². The van der Waals surface area contributed by atoms with E-state index in [9.17, 15) is 0 Å². The molecular weight excluding hydrogens is 228 g/mol. The molecule has 102 valence electrons. The standard InChI is InChI=1S/C14H24N2O2/c1-3-7-15-11-13-5-6-14(18-13)12-16(8-4-2)9-10-17/h4-6,15,17H,2-3,7-12H2,1H3. The monoisotopic (exact) mass is 252 g/mol. The third-order valence-electron chi connectivity index (χ3n) is 2.63. The number of aliphatic hydroxyl groups excluding tert-OH is 1. The van der Waals surface area contributed by atoms with Crippen molar-refractivity contribution < 1.29 is 9.52 Å². The van der Waals surface area contributed by atoms with Crippen molar-refractivity contribution in [2.45, 2.75) is 26.4 Å². The average Bonchev–Trinajstić information content (AvgIpc) is 2.78. The van der Waals surface area contributed by atoms with Crippen molar-refractivity contribution in [3.8, 4) is 0 Å². The maximum Gasteiger partial charge on any atom is 0.118 e. The smallest absolute Gasteiger partial charge is 0.118 e. The van der Waals surface area contributed by atoms with Gasteiger partial charge in [-0.15, -0.1) is 6.58 Å². The van der Waals surface area contributed by atoms with Gasteiger partial charge in [0.05, 0.1) is 19.7 Å². The molecule has 0 amide bonds. The molecule has 0 saturated heterocycles. The highest BCUT2D eigenvalue weighted by molar-refractivity contribution is 5.07. The molecule has 4 heteroatoms. The first-order valence-electron chi connectivity index (χ1n) is 6.52. The summed E-state index contributed by atoms with van der Waals surface area (Å²) in [5.41, 5.74) is 0. The van der Waals surface area contributed by atoms with Gasteiger partial charge in [0.1, 0.15) is 11.5 Å². The molecule has 0 aliphatic rings. The van der Waals surface area contributed by atoms with E-state index in [-0.39, 0.29) is 6.61 Å². The maximum atomic E-state index is 8.97. The van der Waals surface area contributed by atoms with Gasteiger partial charge in [-0.2, -0.15) is 0 Å². The molecule has 0 radical (unpaired) electrons. The number of hydrogen-bond donors (Lipinski definition) is 2. The van der Waals surface area contributed by atoms with Crippen LogP contribution in [0.1, 0.15) is 24.9 Å². The average molecular weight is 252 g/mol. The molecule has 0 spiro atoms. The number of furan rings is 1. The molecule has 0 aliphatic heterocycles. The first kappa shape index (κ1) is 15.0. The van der Waals surface area contributed by atoms with Gasteiger partial charge in [0.2, 0.25) is 0 Å². The van der Waals surface area contributed by atoms with Crippen LogP contribution >= 0.6 is 0 Å². The van der Waals surface area contributed by atoms with Crippen molar-refractivity contribution in [3.63, 3.8) is 0 Å². The van der Waals surface area contributed by atoms with Crippen LogP contribution in [0.3, 0.4) is 0 Å². The Kier molecular flexibility index (Phi) is 7.41. The minimum absolute atomic E-state index is 0.152. The molecule has 1 aromatic rings. The lowest BCUT2D eigenvalue weighted by Gasteiger charge is -2.17. The van der Waals surface area contributed by atoms with Gasteiger partial charge in [-0.25, -0.2) is 0 Å². The van der Waals surface area contributed by atoms with E-state index in [0.29, 0.717) is 13.1 Å². The minimum Gasteiger partial charge on any atom is -0.463 e. The zero-order valence-corrected chi connectivity index (χ0v) is 11.2. The van der Waals surface area contributed by atoms with E-state index in [4.69, 9.17) is 9.52 Å². The van der Waals surface area contributed by atoms with Crippen LogP contribution in [-0.2, 0) is 13.1 Å². The van der Waals surface area contributed by atoms with E-state index in [1.165, 1.54) is 0 Å². The molecule has 0 aromatic carbocycles. The number of hydrogen-bond acceptors (Lipinski definition) is 4. The largest absolute Gasteiger partial charge is 0.463 e. The van der Waals surface area contributed by atoms with E-state index in [0.717, 1.165) is 37.6 Å². The maximum absolute atomic E-state index is 8.97. The van der Waals surface area contributed by atoms with Crippen molar-refractivity contribution in [1.29, 1.82) is 0 Å². The van der Waals surface area contributed by atoms with Crippen LogP contribution in [0.15, 0.2) is 29.2 Å². The van der Waals surface area contributed by atoms with Crippen LogP contribution in [0.5, 0.6) is 0 Å². The summed E-state index contributed by atoms with van der Waals surface area (Å²) < 4.78 is 5.73. The van der Waals surface area contributed by atoms with Crippen LogP contribution in [0.2, 0.25) is 0 Å². The van der Waals surface area contributed by atoms with Gasteiger partial charge in [0.25, 0.3) is 0 Å². The van der Waals surface area contributed by atoms with E-state index < -0.39 is 0 Å². The topological polar surface area (TPSA) is 48.6 Å². The van der Waals surface area contributed by atoms with Gasteiger partial charge in [-0.3, -0.25) is 4.90 Å². The lowest BCUT2D eigenvalue weighted by molar-refractivity contribution is 0.193. The van der Waals surface area contributed by atoms with Crippen LogP contribution in [-0.4, -0.2) is 36.2 Å². The highest BCUT2D eigenvalue weighted by Gasteiger charge is 2.07. The third kappa shape index (κ3) is 5.49. The quantitative estimate of drug-likeness (QED) is 0.492. The van der Waals surface area contributed by atoms with Crippen LogP contribution in [0.25, 0.3) is 0 Å². The van der Waals surface area contributed by atoms with Crippen molar-refractivity contribution in [3.05, 3.63) is 36.3 Å². The second kappa shape index (κ2) is 8.91. The molecule has 0 aliphatic carbocycles. The zero-order chi connectivity index (χ0) is 13.2. The Morgan fingerprint density at radius 1 is 1.44 bits per heavy atom. The number of nitrogens with zero attached hydrogens (tertiary/aromatic N) is 1. The summed E-state index contributed by atoms with van der Waals surface area (Å²) in [6.45, 7) is 9.88. The molecule has 1 aromatic heterocycles. The number of nitrogens with one attached hydrogen (secondary N) is 1. The van der Waals surface area contributed by atoms with E-state index in [1.807, 2.05) is 18.2 Å². The predicted molar refractivity (Wildman–Crippen MR) is 73.3 cm³/mol. The summed E-state index contributed by atoms with van der Waals surface area (Å²) in [7, 11) is 0. The Bertz CT molecular complexity index is 336. The van der Waals surface area contributed by atoms with Crippen LogP contribution in [0, 0.1) is 0 Å². The molecule has 0 saturated carbocycles. The molecule has 0 unspecified atom stereocenters. The van der Waals surface area contributed by atoms with Crippen LogP contribution in [0.4, 0.5) is 0 Å². The van der Waals surface area contributed by atoms with Gasteiger partial charge < -0.3 is 14.8 Å². The van der Waals surface area contributed by atoms with E-state index in [1.54, 1.807) is 0 Å². The fourth-order valence-electron chi connectivity index (χ4n) is 1.77. The molecule has 1 rings (SSSR count). The number of rotatable bonds is 10. The van der Waals surface area contributed by atoms with Crippen LogP contribution < -0.4 is 5.32 Å². The first-order chi connectivity index (χ1) is 8.80. The van der Waals surface area contributed by atoms with E-state index >= 15 is 0 Å². The molecular formula is C14H24N2O2. The van der Waals surface area contributed by atoms with Crippen molar-refractivity contribution in [1.82, 2.24) is 10.2 Å². The Hall–Kier alpha value is -1.10. The molecule has 1 heterocycles. The Morgan fingerprint density at radius 3 is 2.89 bits per heavy atom. The zero-order valence-electron chi connectivity index (χ0n) is 11.2. The first-order valence-corrected chi connectivity index (χ1v) is 6.52. The van der Waals surface area contributed by atoms with Gasteiger partial charge in [0, 0.05) is 13.1 Å². The molecule has 2 N–H and O–H groups in total. The second-order valence-electron chi connectivity index (χ2n) is 4.29. The molecule has 18 heavy (non-hydrogen) atoms. The summed E-state index contributed by atoms with van der Waals surface area (Å²) in [5, 5.41) is 12.3. The van der Waals surface area contributed by atoms with Crippen molar-refractivity contribution >= 4 is 0 Å². The fraction of sp³-hybridized carbons (Fsp3) is 0.571. The molecule has 0 fully saturated rings. The molecule has 0 bridgehead atoms. The fourth-order valence-corrected chi connectivity index (χ4v) is 1.77. The minimum atomic E-state index is 0.152. The summed E-state index contributed by atoms with van der Waals surface area (Å²) in [5.74, 6) is 1.89. The Morgan fingerprint density at radius 2 is 2.22 bits per heavy atom. The van der Waals surface area contributed by atoms with Gasteiger partial charge >= 0.3 is 0 Å². The predicted octanol–water partition coefficient (Wildman–Crippen LogP) is 1.76. The Labute approximate surface area is 109 Å². The number of aliphatic hydroxyl groups is 1. The Balaban J connectivity index is 2.43. The molecule has 0 atom stereocenters. The summed E-state index contributed by atoms with van der Waals surface area (Å²) in [6, 6.07) is 4.00. The summed E-state index contributed by atoms with van der Waals surface area (Å²) >= 11 is 0. The SMILES string of the molecule is C=CCN(CCO)Cc1ccc(CNCCC)o1. The highest BCUT2D eigenvalue weighted by atomic mass is 16.3. The summed E-state index contributed by atoms with van der Waals surface area (Å²) in [4.78, 5) is 2.09. The normalized spacial score (nSPS) is 11.1.